The average Bonchev–Trinajstić information content (AvgIpc) is 2.93. The summed E-state index contributed by atoms with van der Waals surface area (Å²) in [7, 11) is 0. The van der Waals surface area contributed by atoms with Gasteiger partial charge in [-0.25, -0.2) is 4.98 Å². The number of imidazole rings is 1. The molecule has 0 aliphatic carbocycles. The third kappa shape index (κ3) is 4.85. The second kappa shape index (κ2) is 7.45. The standard InChI is InChI=1S/C15H20N4O/c1-13(20)18-15-5-3-14(4-6-15)11-16-7-2-9-19-10-8-17-12-19/h3-6,8,10,12,16H,2,7,9,11H2,1H3,(H,18,20). The molecule has 1 amide bonds. The van der Waals surface area contributed by atoms with E-state index < -0.39 is 0 Å². The van der Waals surface area contributed by atoms with Gasteiger partial charge < -0.3 is 15.2 Å². The van der Waals surface area contributed by atoms with Gasteiger partial charge in [0.1, 0.15) is 0 Å². The molecular formula is C15H20N4O. The van der Waals surface area contributed by atoms with Crippen molar-refractivity contribution in [3.05, 3.63) is 48.5 Å². The second-order valence-electron chi connectivity index (χ2n) is 4.71. The van der Waals surface area contributed by atoms with Gasteiger partial charge in [-0.05, 0) is 30.7 Å². The molecule has 0 unspecified atom stereocenters. The summed E-state index contributed by atoms with van der Waals surface area (Å²) in [4.78, 5) is 14.9. The van der Waals surface area contributed by atoms with E-state index in [9.17, 15) is 4.79 Å². The number of carbonyl (C=O) groups excluding carboxylic acids is 1. The Labute approximate surface area is 119 Å². The maximum atomic E-state index is 10.9. The molecule has 1 heterocycles. The van der Waals surface area contributed by atoms with Crippen LogP contribution in [-0.2, 0) is 17.9 Å². The SMILES string of the molecule is CC(=O)Nc1ccc(CNCCCn2ccnc2)cc1. The molecule has 0 radical (unpaired) electrons. The number of nitrogens with one attached hydrogen (secondary N) is 2. The van der Waals surface area contributed by atoms with Crippen molar-refractivity contribution in [3.63, 3.8) is 0 Å². The number of benzene rings is 1. The molecule has 1 aromatic heterocycles. The molecule has 0 atom stereocenters. The number of hydrogen-bond donors (Lipinski definition) is 2. The van der Waals surface area contributed by atoms with Crippen LogP contribution in [0.1, 0.15) is 18.9 Å². The molecule has 1 aromatic carbocycles. The molecule has 106 valence electrons. The first-order chi connectivity index (χ1) is 9.74. The van der Waals surface area contributed by atoms with Crippen LogP contribution in [0, 0.1) is 0 Å². The van der Waals surface area contributed by atoms with Crippen LogP contribution in [0.4, 0.5) is 5.69 Å². The highest BCUT2D eigenvalue weighted by Crippen LogP contribution is 2.09. The Morgan fingerprint density at radius 2 is 2.10 bits per heavy atom. The van der Waals surface area contributed by atoms with E-state index in [0.29, 0.717) is 0 Å². The quantitative estimate of drug-likeness (QED) is 0.758. The molecule has 0 spiro atoms. The van der Waals surface area contributed by atoms with E-state index in [4.69, 9.17) is 0 Å². The lowest BCUT2D eigenvalue weighted by Gasteiger charge is -2.07. The molecular weight excluding hydrogens is 252 g/mol. The molecule has 5 nitrogen and oxygen atoms in total. The smallest absolute Gasteiger partial charge is 0.221 e. The van der Waals surface area contributed by atoms with Crippen LogP contribution in [0.25, 0.3) is 0 Å². The van der Waals surface area contributed by atoms with Crippen LogP contribution in [0.15, 0.2) is 43.0 Å². The fraction of sp³-hybridized carbons (Fsp3) is 0.333. The molecule has 5 heteroatoms. The highest BCUT2D eigenvalue weighted by atomic mass is 16.1. The van der Waals surface area contributed by atoms with Crippen molar-refractivity contribution < 1.29 is 4.79 Å². The maximum absolute atomic E-state index is 10.9. The van der Waals surface area contributed by atoms with Gasteiger partial charge in [0.25, 0.3) is 0 Å². The summed E-state index contributed by atoms with van der Waals surface area (Å²) in [6.07, 6.45) is 6.67. The van der Waals surface area contributed by atoms with Crippen molar-refractivity contribution in [1.82, 2.24) is 14.9 Å². The van der Waals surface area contributed by atoms with E-state index in [2.05, 4.69) is 20.2 Å². The topological polar surface area (TPSA) is 59.0 Å². The molecule has 0 aliphatic heterocycles. The van der Waals surface area contributed by atoms with Gasteiger partial charge in [-0.15, -0.1) is 0 Å². The number of rotatable bonds is 7. The Balaban J connectivity index is 1.65. The number of anilines is 1. The summed E-state index contributed by atoms with van der Waals surface area (Å²) >= 11 is 0. The number of amides is 1. The Morgan fingerprint density at radius 3 is 2.75 bits per heavy atom. The van der Waals surface area contributed by atoms with Gasteiger partial charge in [0, 0.05) is 38.1 Å². The van der Waals surface area contributed by atoms with Gasteiger partial charge in [0.2, 0.25) is 5.91 Å². The van der Waals surface area contributed by atoms with Crippen LogP contribution in [0.5, 0.6) is 0 Å². The van der Waals surface area contributed by atoms with Crippen molar-refractivity contribution in [2.75, 3.05) is 11.9 Å². The predicted octanol–water partition coefficient (Wildman–Crippen LogP) is 2.02. The van der Waals surface area contributed by atoms with Gasteiger partial charge in [-0.2, -0.15) is 0 Å². The molecule has 0 saturated heterocycles. The minimum absolute atomic E-state index is 0.0459. The summed E-state index contributed by atoms with van der Waals surface area (Å²) in [6.45, 7) is 4.29. The van der Waals surface area contributed by atoms with Crippen LogP contribution < -0.4 is 10.6 Å². The number of aromatic nitrogens is 2. The lowest BCUT2D eigenvalue weighted by atomic mass is 10.2. The first-order valence-corrected chi connectivity index (χ1v) is 6.77. The third-order valence-corrected chi connectivity index (χ3v) is 2.93. The van der Waals surface area contributed by atoms with E-state index in [1.807, 2.05) is 36.8 Å². The zero-order valence-electron chi connectivity index (χ0n) is 11.7. The molecule has 2 rings (SSSR count). The van der Waals surface area contributed by atoms with E-state index in [1.165, 1.54) is 12.5 Å². The Morgan fingerprint density at radius 1 is 1.30 bits per heavy atom. The molecule has 2 N–H and O–H groups in total. The summed E-state index contributed by atoms with van der Waals surface area (Å²) in [5.41, 5.74) is 2.04. The normalized spacial score (nSPS) is 10.4. The number of aryl methyl sites for hydroxylation is 1. The fourth-order valence-corrected chi connectivity index (χ4v) is 1.95. The number of hydrogen-bond acceptors (Lipinski definition) is 3. The molecule has 0 bridgehead atoms. The van der Waals surface area contributed by atoms with Gasteiger partial charge in [-0.3, -0.25) is 4.79 Å². The summed E-state index contributed by atoms with van der Waals surface area (Å²) in [6, 6.07) is 7.89. The van der Waals surface area contributed by atoms with E-state index in [0.717, 1.165) is 31.7 Å². The Bertz CT molecular complexity index is 519. The van der Waals surface area contributed by atoms with Crippen LogP contribution >= 0.6 is 0 Å². The molecule has 20 heavy (non-hydrogen) atoms. The minimum Gasteiger partial charge on any atom is -0.337 e. The lowest BCUT2D eigenvalue weighted by Crippen LogP contribution is -2.16. The number of carbonyl (C=O) groups is 1. The minimum atomic E-state index is -0.0459. The number of nitrogens with zero attached hydrogens (tertiary/aromatic N) is 2. The van der Waals surface area contributed by atoms with Gasteiger partial charge in [-0.1, -0.05) is 12.1 Å². The predicted molar refractivity (Wildman–Crippen MR) is 79.3 cm³/mol. The maximum Gasteiger partial charge on any atom is 0.221 e. The third-order valence-electron chi connectivity index (χ3n) is 2.93. The van der Waals surface area contributed by atoms with Crippen molar-refractivity contribution in [1.29, 1.82) is 0 Å². The Kier molecular flexibility index (Phi) is 5.32. The highest BCUT2D eigenvalue weighted by Gasteiger charge is 1.97. The zero-order valence-corrected chi connectivity index (χ0v) is 11.7. The van der Waals surface area contributed by atoms with Crippen molar-refractivity contribution in [2.24, 2.45) is 0 Å². The van der Waals surface area contributed by atoms with Crippen molar-refractivity contribution in [3.8, 4) is 0 Å². The first-order valence-electron chi connectivity index (χ1n) is 6.77. The van der Waals surface area contributed by atoms with E-state index in [1.54, 1.807) is 6.20 Å². The Hall–Kier alpha value is -2.14. The van der Waals surface area contributed by atoms with Crippen LogP contribution in [0.2, 0.25) is 0 Å². The van der Waals surface area contributed by atoms with Gasteiger partial charge in [0.15, 0.2) is 0 Å². The second-order valence-corrected chi connectivity index (χ2v) is 4.71. The molecule has 0 aliphatic rings. The largest absolute Gasteiger partial charge is 0.337 e. The van der Waals surface area contributed by atoms with Crippen molar-refractivity contribution >= 4 is 11.6 Å². The summed E-state index contributed by atoms with van der Waals surface area (Å²) in [5.74, 6) is -0.0459. The lowest BCUT2D eigenvalue weighted by molar-refractivity contribution is -0.114. The van der Waals surface area contributed by atoms with Crippen molar-refractivity contribution in [2.45, 2.75) is 26.4 Å². The van der Waals surface area contributed by atoms with Gasteiger partial charge in [0.05, 0.1) is 6.33 Å². The summed E-state index contributed by atoms with van der Waals surface area (Å²) in [5, 5.41) is 6.16. The van der Waals surface area contributed by atoms with E-state index >= 15 is 0 Å². The molecule has 0 saturated carbocycles. The monoisotopic (exact) mass is 272 g/mol. The molecule has 0 fully saturated rings. The van der Waals surface area contributed by atoms with Crippen LogP contribution in [0.3, 0.4) is 0 Å². The molecule has 2 aromatic rings. The first kappa shape index (κ1) is 14.3. The average molecular weight is 272 g/mol. The summed E-state index contributed by atoms with van der Waals surface area (Å²) < 4.78 is 2.07. The zero-order chi connectivity index (χ0) is 14.2. The van der Waals surface area contributed by atoms with Gasteiger partial charge >= 0.3 is 0 Å². The van der Waals surface area contributed by atoms with Crippen LogP contribution in [-0.4, -0.2) is 22.0 Å². The highest BCUT2D eigenvalue weighted by molar-refractivity contribution is 5.88. The van der Waals surface area contributed by atoms with E-state index in [-0.39, 0.29) is 5.91 Å². The fourth-order valence-electron chi connectivity index (χ4n) is 1.95.